The molecule has 0 atom stereocenters. The van der Waals surface area contributed by atoms with Crippen LogP contribution in [0, 0.1) is 0 Å². The zero-order valence-electron chi connectivity index (χ0n) is 18.1. The molecular formula is C20H25F3N4O5S. The van der Waals surface area contributed by atoms with Crippen LogP contribution >= 0.6 is 0 Å². The molecule has 33 heavy (non-hydrogen) atoms. The first-order chi connectivity index (χ1) is 15.4. The first-order valence-electron chi connectivity index (χ1n) is 10.2. The van der Waals surface area contributed by atoms with Gasteiger partial charge in [0.05, 0.1) is 4.90 Å². The average molecular weight is 491 g/mol. The van der Waals surface area contributed by atoms with Crippen molar-refractivity contribution >= 4 is 27.2 Å². The fourth-order valence-corrected chi connectivity index (χ4v) is 3.84. The Morgan fingerprint density at radius 1 is 1.09 bits per heavy atom. The van der Waals surface area contributed by atoms with Gasteiger partial charge in [0, 0.05) is 18.7 Å². The molecule has 1 amide bonds. The van der Waals surface area contributed by atoms with Crippen LogP contribution in [0.5, 0.6) is 0 Å². The van der Waals surface area contributed by atoms with Gasteiger partial charge >= 0.3 is 11.2 Å². The van der Waals surface area contributed by atoms with E-state index in [0.29, 0.717) is 31.4 Å². The number of halogens is 3. The number of H-pyrrole nitrogens is 1. The number of sulfone groups is 1. The SMILES string of the molecule is CCCCN(C(=O)c1ccc(S(=O)(=O)C(F)(F)F)cc1)c1c(N)n(CCCC)c(=O)[nH]c1=O. The van der Waals surface area contributed by atoms with Crippen molar-refractivity contribution in [3.8, 4) is 0 Å². The molecule has 0 unspecified atom stereocenters. The van der Waals surface area contributed by atoms with Gasteiger partial charge in [0.15, 0.2) is 5.69 Å². The van der Waals surface area contributed by atoms with Crippen LogP contribution in [0.4, 0.5) is 24.7 Å². The fraction of sp³-hybridized carbons (Fsp3) is 0.450. The Morgan fingerprint density at radius 3 is 2.18 bits per heavy atom. The van der Waals surface area contributed by atoms with Gasteiger partial charge in [-0.2, -0.15) is 13.2 Å². The van der Waals surface area contributed by atoms with Crippen molar-refractivity contribution in [3.05, 3.63) is 50.7 Å². The number of nitrogen functional groups attached to an aromatic ring is 1. The molecule has 1 aromatic carbocycles. The third kappa shape index (κ3) is 5.46. The molecule has 0 saturated carbocycles. The molecule has 0 fully saturated rings. The number of anilines is 2. The summed E-state index contributed by atoms with van der Waals surface area (Å²) in [5, 5.41) is 0. The number of hydrogen-bond acceptors (Lipinski definition) is 6. The van der Waals surface area contributed by atoms with E-state index in [-0.39, 0.29) is 30.2 Å². The third-order valence-corrected chi connectivity index (χ3v) is 6.42. The van der Waals surface area contributed by atoms with Crippen molar-refractivity contribution in [1.82, 2.24) is 9.55 Å². The van der Waals surface area contributed by atoms with Crippen LogP contribution in [-0.2, 0) is 16.4 Å². The van der Waals surface area contributed by atoms with Gasteiger partial charge in [-0.25, -0.2) is 13.2 Å². The van der Waals surface area contributed by atoms with Gasteiger partial charge in [-0.1, -0.05) is 26.7 Å². The summed E-state index contributed by atoms with van der Waals surface area (Å²) in [4.78, 5) is 40.1. The molecule has 182 valence electrons. The Labute approximate surface area is 187 Å². The second-order valence-corrected chi connectivity index (χ2v) is 9.22. The quantitative estimate of drug-likeness (QED) is 0.555. The van der Waals surface area contributed by atoms with Crippen LogP contribution in [-0.4, -0.2) is 35.9 Å². The summed E-state index contributed by atoms with van der Waals surface area (Å²) in [5.74, 6) is -0.991. The normalized spacial score (nSPS) is 12.0. The summed E-state index contributed by atoms with van der Waals surface area (Å²) in [6, 6.07) is 3.20. The van der Waals surface area contributed by atoms with Crippen LogP contribution in [0.3, 0.4) is 0 Å². The number of aromatic nitrogens is 2. The van der Waals surface area contributed by atoms with Gasteiger partial charge in [-0.05, 0) is 37.1 Å². The number of benzene rings is 1. The maximum absolute atomic E-state index is 13.2. The second kappa shape index (κ2) is 10.2. The van der Waals surface area contributed by atoms with Gasteiger partial charge in [-0.3, -0.25) is 19.1 Å². The van der Waals surface area contributed by atoms with Crippen LogP contribution in [0.25, 0.3) is 0 Å². The summed E-state index contributed by atoms with van der Waals surface area (Å²) < 4.78 is 62.6. The van der Waals surface area contributed by atoms with Gasteiger partial charge in [0.25, 0.3) is 21.3 Å². The van der Waals surface area contributed by atoms with Crippen LogP contribution in [0.2, 0.25) is 0 Å². The topological polar surface area (TPSA) is 135 Å². The molecule has 0 saturated heterocycles. The number of nitrogens with two attached hydrogens (primary N) is 1. The van der Waals surface area contributed by atoms with Crippen molar-refractivity contribution in [2.75, 3.05) is 17.2 Å². The van der Waals surface area contributed by atoms with Crippen molar-refractivity contribution in [2.24, 2.45) is 0 Å². The van der Waals surface area contributed by atoms with E-state index in [1.807, 2.05) is 13.8 Å². The Hall–Kier alpha value is -3.09. The molecule has 0 aliphatic carbocycles. The first-order valence-corrected chi connectivity index (χ1v) is 11.7. The zero-order valence-corrected chi connectivity index (χ0v) is 18.9. The maximum atomic E-state index is 13.2. The number of unbranched alkanes of at least 4 members (excludes halogenated alkanes) is 2. The van der Waals surface area contributed by atoms with Gasteiger partial charge in [-0.15, -0.1) is 0 Å². The van der Waals surface area contributed by atoms with E-state index in [1.165, 1.54) is 0 Å². The maximum Gasteiger partial charge on any atom is 0.501 e. The molecule has 0 aliphatic heterocycles. The molecule has 0 spiro atoms. The predicted molar refractivity (Wildman–Crippen MR) is 117 cm³/mol. The first kappa shape index (κ1) is 26.2. The monoisotopic (exact) mass is 490 g/mol. The standard InChI is InChI=1S/C20H25F3N4O5S/c1-3-5-11-26(15-16(24)27(12-6-4-2)19(30)25-17(15)28)18(29)13-7-9-14(10-8-13)33(31,32)20(21,22)23/h7-10H,3-6,11-12,24H2,1-2H3,(H,25,28,30). The van der Waals surface area contributed by atoms with E-state index in [9.17, 15) is 36.0 Å². The number of carbonyl (C=O) groups excluding carboxylic acids is 1. The molecule has 1 aromatic heterocycles. The molecule has 2 aromatic rings. The van der Waals surface area contributed by atoms with Crippen molar-refractivity contribution in [3.63, 3.8) is 0 Å². The Kier molecular flexibility index (Phi) is 8.11. The summed E-state index contributed by atoms with van der Waals surface area (Å²) >= 11 is 0. The second-order valence-electron chi connectivity index (χ2n) is 7.28. The lowest BCUT2D eigenvalue weighted by Crippen LogP contribution is -2.41. The van der Waals surface area contributed by atoms with Gasteiger partial charge < -0.3 is 10.6 Å². The highest BCUT2D eigenvalue weighted by Crippen LogP contribution is 2.30. The number of hydrogen-bond donors (Lipinski definition) is 2. The summed E-state index contributed by atoms with van der Waals surface area (Å²) in [6.07, 6.45) is 2.43. The van der Waals surface area contributed by atoms with E-state index in [4.69, 9.17) is 5.73 Å². The molecule has 3 N–H and O–H groups in total. The lowest BCUT2D eigenvalue weighted by atomic mass is 10.1. The molecule has 0 bridgehead atoms. The van der Waals surface area contributed by atoms with E-state index >= 15 is 0 Å². The number of carbonyl (C=O) groups is 1. The largest absolute Gasteiger partial charge is 0.501 e. The molecule has 9 nitrogen and oxygen atoms in total. The molecule has 0 aliphatic rings. The molecular weight excluding hydrogens is 465 g/mol. The summed E-state index contributed by atoms with van der Waals surface area (Å²) in [6.45, 7) is 3.99. The average Bonchev–Trinajstić information content (AvgIpc) is 2.74. The predicted octanol–water partition coefficient (Wildman–Crippen LogP) is 2.66. The smallest absolute Gasteiger partial charge is 0.383 e. The van der Waals surface area contributed by atoms with E-state index in [2.05, 4.69) is 4.98 Å². The minimum Gasteiger partial charge on any atom is -0.383 e. The lowest BCUT2D eigenvalue weighted by molar-refractivity contribution is -0.0436. The van der Waals surface area contributed by atoms with Crippen LogP contribution in [0.15, 0.2) is 38.8 Å². The highest BCUT2D eigenvalue weighted by molar-refractivity contribution is 7.92. The van der Waals surface area contributed by atoms with Crippen molar-refractivity contribution in [2.45, 2.75) is 56.5 Å². The summed E-state index contributed by atoms with van der Waals surface area (Å²) in [5.41, 5.74) is -1.41. The zero-order chi connectivity index (χ0) is 25.0. The van der Waals surface area contributed by atoms with Crippen LogP contribution in [0.1, 0.15) is 49.9 Å². The minimum absolute atomic E-state index is 0.0389. The number of nitrogens with zero attached hydrogens (tertiary/aromatic N) is 2. The van der Waals surface area contributed by atoms with Gasteiger partial charge in [0.1, 0.15) is 5.82 Å². The number of alkyl halides is 3. The molecule has 2 rings (SSSR count). The molecule has 1 heterocycles. The number of rotatable bonds is 9. The fourth-order valence-electron chi connectivity index (χ4n) is 3.07. The third-order valence-electron chi connectivity index (χ3n) is 4.92. The molecule has 0 radical (unpaired) electrons. The van der Waals surface area contributed by atoms with Crippen LogP contribution < -0.4 is 21.9 Å². The number of aromatic amines is 1. The Balaban J connectivity index is 2.55. The summed E-state index contributed by atoms with van der Waals surface area (Å²) in [7, 11) is -5.58. The number of nitrogens with one attached hydrogen (secondary N) is 1. The lowest BCUT2D eigenvalue weighted by Gasteiger charge is -2.24. The number of amides is 1. The van der Waals surface area contributed by atoms with E-state index in [0.717, 1.165) is 28.0 Å². The van der Waals surface area contributed by atoms with E-state index in [1.54, 1.807) is 0 Å². The molecule has 13 heteroatoms. The Bertz CT molecular complexity index is 1220. The minimum atomic E-state index is -5.58. The van der Waals surface area contributed by atoms with Crippen molar-refractivity contribution in [1.29, 1.82) is 0 Å². The van der Waals surface area contributed by atoms with Gasteiger partial charge in [0.2, 0.25) is 0 Å². The highest BCUT2D eigenvalue weighted by atomic mass is 32.2. The van der Waals surface area contributed by atoms with Crippen molar-refractivity contribution < 1.29 is 26.4 Å². The van der Waals surface area contributed by atoms with E-state index < -0.39 is 37.4 Å². The Morgan fingerprint density at radius 2 is 1.67 bits per heavy atom. The highest BCUT2D eigenvalue weighted by Gasteiger charge is 2.46.